The minimum atomic E-state index is -4.67. The molecule has 2 aromatic carbocycles. The fourth-order valence-corrected chi connectivity index (χ4v) is 2.89. The van der Waals surface area contributed by atoms with Gasteiger partial charge in [-0.3, -0.25) is 0 Å². The molecule has 94 valence electrons. The molecule has 0 heterocycles. The molecule has 8 heteroatoms. The van der Waals surface area contributed by atoms with Crippen LogP contribution >= 0.6 is 39.5 Å². The van der Waals surface area contributed by atoms with Crippen molar-refractivity contribution in [1.29, 1.82) is 0 Å². The molecule has 0 saturated carbocycles. The van der Waals surface area contributed by atoms with Crippen molar-refractivity contribution in [2.24, 2.45) is 0 Å². The molecule has 0 aliphatic heterocycles. The van der Waals surface area contributed by atoms with Gasteiger partial charge in [-0.05, 0) is 42.2 Å². The maximum Gasteiger partial charge on any atom is 1.00 e. The average molecular weight is 436 g/mol. The molecule has 0 aliphatic rings. The minimum Gasteiger partial charge on any atom is -0.807 e. The van der Waals surface area contributed by atoms with E-state index in [4.69, 9.17) is 0 Å². The summed E-state index contributed by atoms with van der Waals surface area (Å²) in [6.07, 6.45) is 0. The van der Waals surface area contributed by atoms with Gasteiger partial charge in [-0.1, -0.05) is 56.1 Å². The van der Waals surface area contributed by atoms with Crippen LogP contribution in [0.1, 0.15) is 0 Å². The van der Waals surface area contributed by atoms with Crippen LogP contribution < -0.4 is 74.2 Å². The Hall–Kier alpha value is 1.55. The Morgan fingerprint density at radius 3 is 1.95 bits per heavy atom. The molecule has 0 fully saturated rings. The summed E-state index contributed by atoms with van der Waals surface area (Å²) in [5, 5.41) is -0.197. The summed E-state index contributed by atoms with van der Waals surface area (Å²) in [6, 6.07) is 11.6. The van der Waals surface area contributed by atoms with E-state index in [2.05, 4.69) is 31.9 Å². The van der Waals surface area contributed by atoms with Gasteiger partial charge in [-0.25, -0.2) is 0 Å². The third kappa shape index (κ3) is 5.64. The van der Waals surface area contributed by atoms with E-state index in [1.807, 2.05) is 18.2 Å². The minimum absolute atomic E-state index is 0. The summed E-state index contributed by atoms with van der Waals surface area (Å²) in [5.74, 6) is 0. The predicted octanol–water partition coefficient (Wildman–Crippen LogP) is -3.57. The zero-order chi connectivity index (χ0) is 13.3. The van der Waals surface area contributed by atoms with E-state index in [0.29, 0.717) is 0 Å². The second-order valence-electron chi connectivity index (χ2n) is 3.67. The largest absolute Gasteiger partial charge is 1.00 e. The van der Waals surface area contributed by atoms with Crippen molar-refractivity contribution in [3.05, 3.63) is 51.4 Å². The first-order chi connectivity index (χ1) is 8.38. The predicted molar refractivity (Wildman–Crippen MR) is 74.5 cm³/mol. The van der Waals surface area contributed by atoms with E-state index >= 15 is 0 Å². The first kappa shape index (κ1) is 21.6. The van der Waals surface area contributed by atoms with E-state index in [0.717, 1.165) is 20.1 Å². The molecule has 0 radical (unpaired) electrons. The molecular formula is C12H7Br2Na2O3P. The Labute approximate surface area is 178 Å². The SMILES string of the molecule is O=P([O-])([O-])c1ccc(-c2cc(Br)ccc2Br)cc1.[Na+].[Na+]. The molecular weight excluding hydrogens is 429 g/mol. The molecule has 0 unspecified atom stereocenters. The standard InChI is InChI=1S/C12H9Br2O3P.2Na/c13-9-3-6-12(14)11(7-9)8-1-4-10(5-2-8)18(15,16)17;;/h1-7H,(H2,15,16,17);;/q;2*+1/p-2. The van der Waals surface area contributed by atoms with Gasteiger partial charge in [0.15, 0.2) is 0 Å². The van der Waals surface area contributed by atoms with Gasteiger partial charge < -0.3 is 14.4 Å². The molecule has 0 atom stereocenters. The van der Waals surface area contributed by atoms with Crippen LogP contribution in [0.15, 0.2) is 51.4 Å². The van der Waals surface area contributed by atoms with E-state index < -0.39 is 7.60 Å². The van der Waals surface area contributed by atoms with Crippen LogP contribution in [0.4, 0.5) is 0 Å². The van der Waals surface area contributed by atoms with Gasteiger partial charge in [0.1, 0.15) is 0 Å². The van der Waals surface area contributed by atoms with Crippen molar-refractivity contribution in [1.82, 2.24) is 0 Å². The monoisotopic (exact) mass is 434 g/mol. The third-order valence-electron chi connectivity index (χ3n) is 2.42. The zero-order valence-electron chi connectivity index (χ0n) is 11.0. The Balaban J connectivity index is 0.00000180. The van der Waals surface area contributed by atoms with Crippen LogP contribution in [0.2, 0.25) is 0 Å². The van der Waals surface area contributed by atoms with E-state index in [1.165, 1.54) is 12.1 Å². The molecule has 0 N–H and O–H groups in total. The van der Waals surface area contributed by atoms with Gasteiger partial charge in [0.05, 0.1) is 0 Å². The van der Waals surface area contributed by atoms with E-state index in [-0.39, 0.29) is 64.4 Å². The Morgan fingerprint density at radius 2 is 1.45 bits per heavy atom. The van der Waals surface area contributed by atoms with Gasteiger partial charge in [-0.2, -0.15) is 0 Å². The normalized spacial score (nSPS) is 10.4. The molecule has 0 spiro atoms. The molecule has 0 bridgehead atoms. The van der Waals surface area contributed by atoms with Crippen LogP contribution in [-0.2, 0) is 4.57 Å². The molecule has 3 nitrogen and oxygen atoms in total. The third-order valence-corrected chi connectivity index (χ3v) is 4.54. The second kappa shape index (κ2) is 8.99. The summed E-state index contributed by atoms with van der Waals surface area (Å²) >= 11 is 6.80. The summed E-state index contributed by atoms with van der Waals surface area (Å²) < 4.78 is 12.7. The second-order valence-corrected chi connectivity index (χ2v) is 6.95. The molecule has 2 aromatic rings. The van der Waals surface area contributed by atoms with E-state index in [9.17, 15) is 14.4 Å². The van der Waals surface area contributed by atoms with Crippen molar-refractivity contribution in [2.45, 2.75) is 0 Å². The first-order valence-corrected chi connectivity index (χ1v) is 8.09. The van der Waals surface area contributed by atoms with Gasteiger partial charge >= 0.3 is 59.1 Å². The Kier molecular flexibility index (Phi) is 9.69. The van der Waals surface area contributed by atoms with Gasteiger partial charge in [-0.15, -0.1) is 0 Å². The van der Waals surface area contributed by atoms with Crippen LogP contribution in [-0.4, -0.2) is 0 Å². The number of hydrogen-bond donors (Lipinski definition) is 0. The Bertz CT molecular complexity index is 629. The molecule has 0 aromatic heterocycles. The smallest absolute Gasteiger partial charge is 0.807 e. The summed E-state index contributed by atoms with van der Waals surface area (Å²) in [6.45, 7) is 0. The molecule has 2 rings (SSSR count). The first-order valence-electron chi connectivity index (χ1n) is 4.96. The molecule has 0 amide bonds. The van der Waals surface area contributed by atoms with Crippen LogP contribution in [0.5, 0.6) is 0 Å². The van der Waals surface area contributed by atoms with Gasteiger partial charge in [0, 0.05) is 8.95 Å². The summed E-state index contributed by atoms with van der Waals surface area (Å²) in [4.78, 5) is 21.7. The van der Waals surface area contributed by atoms with Crippen molar-refractivity contribution < 1.29 is 73.5 Å². The maximum absolute atomic E-state index is 10.9. The van der Waals surface area contributed by atoms with E-state index in [1.54, 1.807) is 12.1 Å². The molecule has 20 heavy (non-hydrogen) atoms. The van der Waals surface area contributed by atoms with Crippen molar-refractivity contribution in [2.75, 3.05) is 0 Å². The number of halogens is 2. The molecule has 0 saturated heterocycles. The van der Waals surface area contributed by atoms with Crippen molar-refractivity contribution in [3.63, 3.8) is 0 Å². The topological polar surface area (TPSA) is 63.2 Å². The maximum atomic E-state index is 10.9. The Morgan fingerprint density at radius 1 is 0.900 bits per heavy atom. The fraction of sp³-hybridized carbons (Fsp3) is 0. The van der Waals surface area contributed by atoms with Crippen molar-refractivity contribution in [3.8, 4) is 11.1 Å². The quantitative estimate of drug-likeness (QED) is 0.362. The molecule has 0 aliphatic carbocycles. The van der Waals surface area contributed by atoms with Gasteiger partial charge in [0.2, 0.25) is 0 Å². The number of hydrogen-bond acceptors (Lipinski definition) is 3. The van der Waals surface area contributed by atoms with Crippen LogP contribution in [0, 0.1) is 0 Å². The fourth-order valence-electron chi connectivity index (χ4n) is 1.54. The summed E-state index contributed by atoms with van der Waals surface area (Å²) in [5.41, 5.74) is 1.75. The number of benzene rings is 2. The number of rotatable bonds is 2. The van der Waals surface area contributed by atoms with Gasteiger partial charge in [0.25, 0.3) is 0 Å². The van der Waals surface area contributed by atoms with Crippen LogP contribution in [0.3, 0.4) is 0 Å². The average Bonchev–Trinajstić information content (AvgIpc) is 2.31. The van der Waals surface area contributed by atoms with Crippen molar-refractivity contribution >= 4 is 44.8 Å². The zero-order valence-corrected chi connectivity index (χ0v) is 19.0. The summed E-state index contributed by atoms with van der Waals surface area (Å²) in [7, 11) is -4.67. The van der Waals surface area contributed by atoms with Crippen LogP contribution in [0.25, 0.3) is 11.1 Å².